The number of hydrogen-bond acceptors (Lipinski definition) is 5. The first-order valence-electron chi connectivity index (χ1n) is 7.18. The monoisotopic (exact) mass is 328 g/mol. The number of rotatable bonds is 3. The van der Waals surface area contributed by atoms with E-state index in [1.165, 1.54) is 17.4 Å². The molecule has 0 spiro atoms. The Hall–Kier alpha value is -2.47. The van der Waals surface area contributed by atoms with Gasteiger partial charge in [0.2, 0.25) is 5.91 Å². The normalized spacial score (nSPS) is 10.9. The van der Waals surface area contributed by atoms with Crippen LogP contribution in [0.2, 0.25) is 0 Å². The van der Waals surface area contributed by atoms with E-state index in [0.29, 0.717) is 11.3 Å². The van der Waals surface area contributed by atoms with Gasteiger partial charge in [0, 0.05) is 22.5 Å². The van der Waals surface area contributed by atoms with Crippen LogP contribution in [0.3, 0.4) is 0 Å². The first-order valence-corrected chi connectivity index (χ1v) is 8.06. The van der Waals surface area contributed by atoms with Crippen LogP contribution in [0.5, 0.6) is 0 Å². The summed E-state index contributed by atoms with van der Waals surface area (Å²) in [5.41, 5.74) is 3.30. The summed E-state index contributed by atoms with van der Waals surface area (Å²) >= 11 is 1.53. The Kier molecular flexibility index (Phi) is 4.00. The van der Waals surface area contributed by atoms with Gasteiger partial charge >= 0.3 is 5.63 Å². The van der Waals surface area contributed by atoms with Gasteiger partial charge in [0.1, 0.15) is 5.58 Å². The molecule has 3 aromatic rings. The predicted molar refractivity (Wildman–Crippen MR) is 91.1 cm³/mol. The molecule has 23 heavy (non-hydrogen) atoms. The number of anilines is 1. The molecule has 0 aliphatic rings. The molecule has 0 fully saturated rings. The van der Waals surface area contributed by atoms with Crippen LogP contribution in [0.25, 0.3) is 11.0 Å². The molecule has 0 radical (unpaired) electrons. The number of aryl methyl sites for hydroxylation is 3. The Labute approximate surface area is 137 Å². The number of amides is 1. The van der Waals surface area contributed by atoms with Crippen molar-refractivity contribution >= 4 is 33.9 Å². The van der Waals surface area contributed by atoms with E-state index in [9.17, 15) is 9.59 Å². The summed E-state index contributed by atoms with van der Waals surface area (Å²) in [6, 6.07) is 5.06. The van der Waals surface area contributed by atoms with Gasteiger partial charge in [0.05, 0.1) is 17.1 Å². The van der Waals surface area contributed by atoms with Crippen LogP contribution in [-0.2, 0) is 11.2 Å². The van der Waals surface area contributed by atoms with Gasteiger partial charge in [-0.05, 0) is 44.0 Å². The minimum atomic E-state index is -0.370. The van der Waals surface area contributed by atoms with Crippen molar-refractivity contribution in [1.29, 1.82) is 0 Å². The van der Waals surface area contributed by atoms with E-state index in [0.717, 1.165) is 27.2 Å². The van der Waals surface area contributed by atoms with E-state index in [1.807, 2.05) is 32.2 Å². The highest BCUT2D eigenvalue weighted by atomic mass is 32.1. The van der Waals surface area contributed by atoms with Crippen molar-refractivity contribution in [3.05, 3.63) is 55.8 Å². The van der Waals surface area contributed by atoms with Gasteiger partial charge in [-0.1, -0.05) is 0 Å². The van der Waals surface area contributed by atoms with Gasteiger partial charge in [0.15, 0.2) is 0 Å². The maximum Gasteiger partial charge on any atom is 0.336 e. The van der Waals surface area contributed by atoms with Crippen molar-refractivity contribution < 1.29 is 9.21 Å². The molecule has 2 aromatic heterocycles. The molecule has 0 atom stereocenters. The van der Waals surface area contributed by atoms with E-state index in [2.05, 4.69) is 10.3 Å². The number of benzene rings is 1. The average Bonchev–Trinajstić information content (AvgIpc) is 2.85. The van der Waals surface area contributed by atoms with Gasteiger partial charge in [-0.2, -0.15) is 0 Å². The Bertz CT molecular complexity index is 956. The zero-order valence-electron chi connectivity index (χ0n) is 13.1. The fourth-order valence-corrected chi connectivity index (χ4v) is 3.06. The van der Waals surface area contributed by atoms with Crippen LogP contribution in [0.4, 0.5) is 5.69 Å². The van der Waals surface area contributed by atoms with Crippen LogP contribution in [0.1, 0.15) is 21.8 Å². The molecule has 0 aliphatic heterocycles. The van der Waals surface area contributed by atoms with Crippen molar-refractivity contribution in [1.82, 2.24) is 4.98 Å². The van der Waals surface area contributed by atoms with Crippen LogP contribution < -0.4 is 10.9 Å². The molecule has 0 aliphatic carbocycles. The topological polar surface area (TPSA) is 72.2 Å². The molecule has 0 unspecified atom stereocenters. The molecule has 1 N–H and O–H groups in total. The summed E-state index contributed by atoms with van der Waals surface area (Å²) in [5, 5.41) is 6.56. The Morgan fingerprint density at radius 3 is 2.70 bits per heavy atom. The molecular weight excluding hydrogens is 312 g/mol. The fourth-order valence-electron chi connectivity index (χ4n) is 2.45. The number of carbonyl (C=O) groups is 1. The van der Waals surface area contributed by atoms with Crippen LogP contribution in [0.15, 0.2) is 32.8 Å². The number of nitrogens with one attached hydrogen (secondary N) is 1. The molecule has 0 bridgehead atoms. The van der Waals surface area contributed by atoms with Crippen molar-refractivity contribution in [2.75, 3.05) is 5.32 Å². The Morgan fingerprint density at radius 1 is 1.22 bits per heavy atom. The third-order valence-electron chi connectivity index (χ3n) is 3.58. The van der Waals surface area contributed by atoms with Crippen LogP contribution in [-0.4, -0.2) is 10.9 Å². The summed E-state index contributed by atoms with van der Waals surface area (Å²) in [7, 11) is 0. The molecular formula is C17H16N2O3S. The van der Waals surface area contributed by atoms with Crippen molar-refractivity contribution in [3.63, 3.8) is 0 Å². The second-order valence-corrected chi connectivity index (χ2v) is 6.56. The number of hydrogen-bond donors (Lipinski definition) is 1. The maximum absolute atomic E-state index is 12.2. The highest BCUT2D eigenvalue weighted by molar-refractivity contribution is 7.09. The quantitative estimate of drug-likeness (QED) is 0.748. The standard InChI is InChI=1S/C17H16N2O3S/c1-9-5-17(21)22-15-4-10(2)14(7-13(9)15)19-16(20)6-12-8-23-11(3)18-12/h4-5,7-8H,6H2,1-3H3,(H,19,20). The van der Waals surface area contributed by atoms with E-state index in [4.69, 9.17) is 4.42 Å². The first kappa shape index (κ1) is 15.4. The summed E-state index contributed by atoms with van der Waals surface area (Å²) in [4.78, 5) is 27.9. The average molecular weight is 328 g/mol. The summed E-state index contributed by atoms with van der Waals surface area (Å²) < 4.78 is 5.20. The molecule has 6 heteroatoms. The van der Waals surface area contributed by atoms with Crippen molar-refractivity contribution in [3.8, 4) is 0 Å². The molecule has 0 saturated carbocycles. The number of fused-ring (bicyclic) bond motifs is 1. The highest BCUT2D eigenvalue weighted by Crippen LogP contribution is 2.25. The van der Waals surface area contributed by atoms with E-state index >= 15 is 0 Å². The number of thiazole rings is 1. The molecule has 3 rings (SSSR count). The van der Waals surface area contributed by atoms with E-state index in [-0.39, 0.29) is 18.0 Å². The number of nitrogens with zero attached hydrogens (tertiary/aromatic N) is 1. The Morgan fingerprint density at radius 2 is 2.00 bits per heavy atom. The zero-order valence-corrected chi connectivity index (χ0v) is 13.9. The van der Waals surface area contributed by atoms with E-state index < -0.39 is 0 Å². The first-order chi connectivity index (χ1) is 10.9. The molecule has 1 amide bonds. The molecule has 118 valence electrons. The smallest absolute Gasteiger partial charge is 0.336 e. The SMILES string of the molecule is Cc1nc(CC(=O)Nc2cc3c(C)cc(=O)oc3cc2C)cs1. The van der Waals surface area contributed by atoms with Crippen molar-refractivity contribution in [2.24, 2.45) is 0 Å². The third kappa shape index (κ3) is 3.32. The molecule has 5 nitrogen and oxygen atoms in total. The lowest BCUT2D eigenvalue weighted by Crippen LogP contribution is -2.15. The lowest BCUT2D eigenvalue weighted by molar-refractivity contribution is -0.115. The second kappa shape index (κ2) is 5.96. The van der Waals surface area contributed by atoms with Gasteiger partial charge in [-0.15, -0.1) is 11.3 Å². The minimum Gasteiger partial charge on any atom is -0.423 e. The Balaban J connectivity index is 1.89. The minimum absolute atomic E-state index is 0.118. The van der Waals surface area contributed by atoms with E-state index in [1.54, 1.807) is 6.07 Å². The van der Waals surface area contributed by atoms with Gasteiger partial charge < -0.3 is 9.73 Å². The molecule has 2 heterocycles. The zero-order chi connectivity index (χ0) is 16.6. The summed E-state index contributed by atoms with van der Waals surface area (Å²) in [6.45, 7) is 5.62. The van der Waals surface area contributed by atoms with Gasteiger partial charge in [0.25, 0.3) is 0 Å². The predicted octanol–water partition coefficient (Wildman–Crippen LogP) is 3.36. The maximum atomic E-state index is 12.2. The van der Waals surface area contributed by atoms with Crippen molar-refractivity contribution in [2.45, 2.75) is 27.2 Å². The lowest BCUT2D eigenvalue weighted by Gasteiger charge is -2.10. The molecule has 0 saturated heterocycles. The van der Waals surface area contributed by atoms with Gasteiger partial charge in [-0.3, -0.25) is 4.79 Å². The number of aromatic nitrogens is 1. The van der Waals surface area contributed by atoms with Crippen LogP contribution >= 0.6 is 11.3 Å². The second-order valence-electron chi connectivity index (χ2n) is 5.49. The third-order valence-corrected chi connectivity index (χ3v) is 4.40. The fraction of sp³-hybridized carbons (Fsp3) is 0.235. The summed E-state index contributed by atoms with van der Waals surface area (Å²) in [6.07, 6.45) is 0.241. The number of carbonyl (C=O) groups excluding carboxylic acids is 1. The summed E-state index contributed by atoms with van der Waals surface area (Å²) in [5.74, 6) is -0.118. The van der Waals surface area contributed by atoms with Gasteiger partial charge in [-0.25, -0.2) is 9.78 Å². The largest absolute Gasteiger partial charge is 0.423 e. The molecule has 1 aromatic carbocycles. The van der Waals surface area contributed by atoms with Crippen LogP contribution in [0, 0.1) is 20.8 Å². The highest BCUT2D eigenvalue weighted by Gasteiger charge is 2.11. The lowest BCUT2D eigenvalue weighted by atomic mass is 10.1.